The van der Waals surface area contributed by atoms with Crippen LogP contribution < -0.4 is 16.5 Å². The smallest absolute Gasteiger partial charge is 0.291 e. The Hall–Kier alpha value is -3.25. The summed E-state index contributed by atoms with van der Waals surface area (Å²) in [5.41, 5.74) is 8.81. The van der Waals surface area contributed by atoms with Crippen LogP contribution in [-0.4, -0.2) is 46.8 Å². The molecule has 1 aliphatic rings. The molecule has 4 aromatic heterocycles. The number of aromatic nitrogens is 7. The Morgan fingerprint density at radius 1 is 1.26 bits per heavy atom. The lowest BCUT2D eigenvalue weighted by molar-refractivity contribution is 0.290. The lowest BCUT2D eigenvalue weighted by Gasteiger charge is -2.15. The second-order valence-corrected chi connectivity index (χ2v) is 7.36. The first kappa shape index (κ1) is 16.0. The van der Waals surface area contributed by atoms with Crippen LogP contribution in [0, 0.1) is 0 Å². The molecule has 0 radical (unpaired) electrons. The number of allylic oxidation sites excluding steroid dienone is 1. The largest absolute Gasteiger partial charge is 0.323 e. The zero-order valence-electron chi connectivity index (χ0n) is 14.6. The molecule has 0 aliphatic carbocycles. The van der Waals surface area contributed by atoms with Gasteiger partial charge in [0.05, 0.1) is 35.0 Å². The molecule has 11 nitrogen and oxygen atoms in total. The Morgan fingerprint density at radius 3 is 2.89 bits per heavy atom. The van der Waals surface area contributed by atoms with E-state index >= 15 is 0 Å². The van der Waals surface area contributed by atoms with E-state index in [4.69, 9.17) is 4.98 Å². The molecule has 12 heteroatoms. The molecule has 4 aromatic rings. The van der Waals surface area contributed by atoms with Gasteiger partial charge in [-0.2, -0.15) is 20.5 Å². The first-order valence-electron chi connectivity index (χ1n) is 8.24. The number of fused-ring (bicyclic) bond motifs is 3. The van der Waals surface area contributed by atoms with Crippen molar-refractivity contribution in [3.63, 3.8) is 0 Å². The highest BCUT2D eigenvalue weighted by Crippen LogP contribution is 2.31. The van der Waals surface area contributed by atoms with Gasteiger partial charge in [-0.25, -0.2) is 9.67 Å². The number of thiazole rings is 1. The zero-order valence-corrected chi connectivity index (χ0v) is 15.4. The fourth-order valence-corrected chi connectivity index (χ4v) is 4.29. The molecule has 5 heterocycles. The maximum atomic E-state index is 13.0. The van der Waals surface area contributed by atoms with Crippen LogP contribution in [0.25, 0.3) is 21.3 Å². The number of hydrazine groups is 2. The molecule has 1 aliphatic heterocycles. The summed E-state index contributed by atoms with van der Waals surface area (Å²) in [5, 5.41) is 18.4. The van der Waals surface area contributed by atoms with Gasteiger partial charge in [-0.1, -0.05) is 0 Å². The van der Waals surface area contributed by atoms with Crippen LogP contribution in [0.2, 0.25) is 0 Å². The average Bonchev–Trinajstić information content (AvgIpc) is 3.41. The van der Waals surface area contributed by atoms with Crippen LogP contribution in [0.4, 0.5) is 0 Å². The van der Waals surface area contributed by atoms with Gasteiger partial charge < -0.3 is 9.99 Å². The number of hydrogen-bond donors (Lipinski definition) is 3. The summed E-state index contributed by atoms with van der Waals surface area (Å²) >= 11 is 1.55. The van der Waals surface area contributed by atoms with Gasteiger partial charge >= 0.3 is 0 Å². The van der Waals surface area contributed by atoms with E-state index in [9.17, 15) is 4.79 Å². The molecule has 5 rings (SSSR count). The lowest BCUT2D eigenvalue weighted by Crippen LogP contribution is -2.36. The quantitative estimate of drug-likeness (QED) is 0.444. The molecule has 0 unspecified atom stereocenters. The summed E-state index contributed by atoms with van der Waals surface area (Å²) in [6, 6.07) is 0. The molecule has 0 saturated heterocycles. The van der Waals surface area contributed by atoms with Crippen molar-refractivity contribution in [3.05, 3.63) is 45.3 Å². The van der Waals surface area contributed by atoms with Crippen LogP contribution in [-0.2, 0) is 20.0 Å². The fraction of sp³-hybridized carbons (Fsp3) is 0.267. The molecule has 0 fully saturated rings. The van der Waals surface area contributed by atoms with Crippen LogP contribution in [0.3, 0.4) is 0 Å². The molecular formula is C15H16N10OS. The van der Waals surface area contributed by atoms with Gasteiger partial charge in [0.25, 0.3) is 5.56 Å². The third-order valence-electron chi connectivity index (χ3n) is 4.58. The van der Waals surface area contributed by atoms with E-state index in [1.807, 2.05) is 18.7 Å². The molecule has 0 bridgehead atoms. The van der Waals surface area contributed by atoms with Gasteiger partial charge in [0.2, 0.25) is 0 Å². The number of nitrogens with zero attached hydrogens (tertiary/aromatic N) is 7. The highest BCUT2D eigenvalue weighted by Gasteiger charge is 2.20. The molecule has 0 aromatic carbocycles. The number of likely N-dealkylation sites (N-methyl/N-ethyl adjacent to an activating group) is 1. The van der Waals surface area contributed by atoms with E-state index in [0.717, 1.165) is 32.1 Å². The Balaban J connectivity index is 1.58. The van der Waals surface area contributed by atoms with Crippen molar-refractivity contribution in [1.82, 2.24) is 50.7 Å². The third kappa shape index (κ3) is 2.49. The summed E-state index contributed by atoms with van der Waals surface area (Å²) in [5.74, 6) is 0. The Kier molecular flexibility index (Phi) is 3.48. The monoisotopic (exact) mass is 384 g/mol. The summed E-state index contributed by atoms with van der Waals surface area (Å²) in [7, 11) is 3.73. The van der Waals surface area contributed by atoms with E-state index in [0.29, 0.717) is 18.5 Å². The Morgan fingerprint density at radius 2 is 2.15 bits per heavy atom. The number of hydrogen-bond acceptors (Lipinski definition) is 9. The molecule has 27 heavy (non-hydrogen) atoms. The number of H-pyrrole nitrogens is 1. The second-order valence-electron chi connectivity index (χ2n) is 6.28. The molecule has 138 valence electrons. The van der Waals surface area contributed by atoms with Crippen LogP contribution in [0.5, 0.6) is 0 Å². The van der Waals surface area contributed by atoms with Gasteiger partial charge in [-0.3, -0.25) is 9.80 Å². The predicted molar refractivity (Wildman–Crippen MR) is 99.5 cm³/mol. The fourth-order valence-electron chi connectivity index (χ4n) is 3.17. The minimum absolute atomic E-state index is 0.139. The van der Waals surface area contributed by atoms with Crippen LogP contribution >= 0.6 is 11.3 Å². The first-order chi connectivity index (χ1) is 13.1. The number of aryl methyl sites for hydroxylation is 1. The predicted octanol–water partition coefficient (Wildman–Crippen LogP) is -0.150. The summed E-state index contributed by atoms with van der Waals surface area (Å²) < 4.78 is 4.26. The van der Waals surface area contributed by atoms with Crippen molar-refractivity contribution in [2.24, 2.45) is 7.05 Å². The Bertz CT molecular complexity index is 1230. The average molecular weight is 384 g/mol. The SMILES string of the molecule is CN1NNC=C1Cn1ncc2c3sc(Cc4cn[nH]n4)nc3n(C)c2c1=O. The normalized spacial score (nSPS) is 14.3. The molecule has 0 atom stereocenters. The van der Waals surface area contributed by atoms with E-state index in [1.165, 1.54) is 4.68 Å². The third-order valence-corrected chi connectivity index (χ3v) is 5.66. The number of aromatic amines is 1. The maximum absolute atomic E-state index is 13.0. The minimum Gasteiger partial charge on any atom is -0.323 e. The van der Waals surface area contributed by atoms with Crippen molar-refractivity contribution < 1.29 is 0 Å². The van der Waals surface area contributed by atoms with E-state index in [-0.39, 0.29) is 5.56 Å². The maximum Gasteiger partial charge on any atom is 0.291 e. The van der Waals surface area contributed by atoms with Crippen molar-refractivity contribution in [2.75, 3.05) is 7.05 Å². The second kappa shape index (κ2) is 5.89. The molecule has 3 N–H and O–H groups in total. The first-order valence-corrected chi connectivity index (χ1v) is 9.06. The summed E-state index contributed by atoms with van der Waals surface area (Å²) in [4.78, 5) is 17.7. The summed E-state index contributed by atoms with van der Waals surface area (Å²) in [6.45, 7) is 0.370. The van der Waals surface area contributed by atoms with Crippen molar-refractivity contribution in [2.45, 2.75) is 13.0 Å². The van der Waals surface area contributed by atoms with Gasteiger partial charge in [0.15, 0.2) is 5.65 Å². The number of rotatable bonds is 4. The summed E-state index contributed by atoms with van der Waals surface area (Å²) in [6.07, 6.45) is 5.83. The minimum atomic E-state index is -0.139. The molecule has 0 amide bonds. The van der Waals surface area contributed by atoms with E-state index in [2.05, 4.69) is 31.5 Å². The van der Waals surface area contributed by atoms with Gasteiger partial charge in [0, 0.05) is 32.1 Å². The van der Waals surface area contributed by atoms with Gasteiger partial charge in [-0.05, 0) is 0 Å². The van der Waals surface area contributed by atoms with Gasteiger partial charge in [-0.15, -0.1) is 16.9 Å². The van der Waals surface area contributed by atoms with Gasteiger partial charge in [0.1, 0.15) is 10.5 Å². The zero-order chi connectivity index (χ0) is 18.5. The van der Waals surface area contributed by atoms with E-state index < -0.39 is 0 Å². The molecule has 0 spiro atoms. The van der Waals surface area contributed by atoms with E-state index in [1.54, 1.807) is 34.9 Å². The van der Waals surface area contributed by atoms with Crippen LogP contribution in [0.1, 0.15) is 10.7 Å². The topological polar surface area (TPSA) is 122 Å². The highest BCUT2D eigenvalue weighted by molar-refractivity contribution is 7.19. The molecule has 0 saturated carbocycles. The highest BCUT2D eigenvalue weighted by atomic mass is 32.1. The number of nitrogens with one attached hydrogen (secondary N) is 3. The van der Waals surface area contributed by atoms with Crippen molar-refractivity contribution in [3.8, 4) is 0 Å². The van der Waals surface area contributed by atoms with Crippen LogP contribution in [0.15, 0.2) is 29.1 Å². The van der Waals surface area contributed by atoms with Crippen molar-refractivity contribution >= 4 is 32.6 Å². The molecular weight excluding hydrogens is 368 g/mol. The van der Waals surface area contributed by atoms with Crippen molar-refractivity contribution in [1.29, 1.82) is 0 Å². The lowest BCUT2D eigenvalue weighted by atomic mass is 10.3. The Labute approximate surface area is 156 Å². The standard InChI is InChI=1S/C15H16N10OS/c1-23-12-10(6-18-25(15(12)26)7-9-5-17-22-24(9)2)13-14(23)19-11(27-13)3-8-4-16-21-20-8/h4-6,17,22H,3,7H2,1-2H3,(H,16,20,21).